The van der Waals surface area contributed by atoms with Crippen LogP contribution in [0.15, 0.2) is 41.4 Å². The van der Waals surface area contributed by atoms with E-state index < -0.39 is 6.43 Å². The first kappa shape index (κ1) is 21.5. The number of halogens is 2. The molecule has 1 aromatic heterocycles. The molecule has 0 saturated carbocycles. The van der Waals surface area contributed by atoms with Gasteiger partial charge in [-0.15, -0.1) is 11.8 Å². The third-order valence-corrected chi connectivity index (χ3v) is 7.48. The molecule has 0 bridgehead atoms. The Morgan fingerprint density at radius 2 is 2.03 bits per heavy atom. The fourth-order valence-electron chi connectivity index (χ4n) is 4.35. The summed E-state index contributed by atoms with van der Waals surface area (Å²) in [6, 6.07) is 8.98. The van der Waals surface area contributed by atoms with Crippen LogP contribution in [0.1, 0.15) is 45.1 Å². The van der Waals surface area contributed by atoms with E-state index in [0.717, 1.165) is 50.0 Å². The van der Waals surface area contributed by atoms with Gasteiger partial charge < -0.3 is 10.7 Å². The fraction of sp³-hybridized carbons (Fsp3) is 0.522. The second-order valence-electron chi connectivity index (χ2n) is 8.49. The lowest BCUT2D eigenvalue weighted by Crippen LogP contribution is -2.45. The molecular formula is C23H30F2N4S. The quantitative estimate of drug-likeness (QED) is 0.628. The molecular weight excluding hydrogens is 402 g/mol. The number of fused-ring (bicyclic) bond motifs is 1. The summed E-state index contributed by atoms with van der Waals surface area (Å²) in [5.74, 6) is 0.830. The van der Waals surface area contributed by atoms with E-state index in [-0.39, 0.29) is 17.3 Å². The highest BCUT2D eigenvalue weighted by Gasteiger charge is 2.30. The van der Waals surface area contributed by atoms with Gasteiger partial charge in [0.25, 0.3) is 6.43 Å². The number of anilines is 1. The van der Waals surface area contributed by atoms with E-state index in [2.05, 4.69) is 64.9 Å². The molecule has 0 radical (unpaired) electrons. The van der Waals surface area contributed by atoms with E-state index in [1.807, 2.05) is 18.0 Å². The van der Waals surface area contributed by atoms with Crippen molar-refractivity contribution in [2.24, 2.45) is 0 Å². The minimum Gasteiger partial charge on any atom is -0.309 e. The predicted octanol–water partition coefficient (Wildman–Crippen LogP) is 5.53. The number of pyridine rings is 1. The maximum absolute atomic E-state index is 12.4. The average molecular weight is 433 g/mol. The van der Waals surface area contributed by atoms with Gasteiger partial charge in [-0.05, 0) is 67.5 Å². The number of nitrogens with zero attached hydrogens (tertiary/aromatic N) is 2. The Labute approximate surface area is 181 Å². The van der Waals surface area contributed by atoms with Gasteiger partial charge in [0, 0.05) is 35.5 Å². The first-order valence-electron chi connectivity index (χ1n) is 10.7. The first-order valence-corrected chi connectivity index (χ1v) is 11.5. The molecule has 1 fully saturated rings. The molecule has 1 unspecified atom stereocenters. The van der Waals surface area contributed by atoms with Crippen molar-refractivity contribution >= 4 is 28.4 Å². The van der Waals surface area contributed by atoms with Crippen molar-refractivity contribution in [3.8, 4) is 0 Å². The van der Waals surface area contributed by atoms with E-state index >= 15 is 0 Å². The Kier molecular flexibility index (Phi) is 6.60. The Bertz CT molecular complexity index is 911. The fourth-order valence-corrected chi connectivity index (χ4v) is 5.72. The van der Waals surface area contributed by atoms with Crippen molar-refractivity contribution < 1.29 is 8.78 Å². The van der Waals surface area contributed by atoms with Gasteiger partial charge in [0.2, 0.25) is 0 Å². The molecule has 1 aromatic carbocycles. The second kappa shape index (κ2) is 9.20. The molecule has 0 spiro atoms. The van der Waals surface area contributed by atoms with Gasteiger partial charge in [0.15, 0.2) is 0 Å². The number of thioether (sulfide) groups is 1. The number of hydrogen-bond donors (Lipinski definition) is 2. The van der Waals surface area contributed by atoms with Crippen LogP contribution in [0.4, 0.5) is 14.6 Å². The molecule has 0 amide bonds. The molecule has 0 aliphatic carbocycles. The van der Waals surface area contributed by atoms with E-state index in [1.165, 1.54) is 15.9 Å². The lowest BCUT2D eigenvalue weighted by atomic mass is 9.93. The minimum atomic E-state index is -2.29. The van der Waals surface area contributed by atoms with Crippen LogP contribution in [-0.4, -0.2) is 42.1 Å². The van der Waals surface area contributed by atoms with Crippen LogP contribution in [0.5, 0.6) is 0 Å². The molecule has 4 rings (SSSR count). The summed E-state index contributed by atoms with van der Waals surface area (Å²) in [6.07, 6.45) is 5.91. The molecule has 7 heteroatoms. The van der Waals surface area contributed by atoms with Gasteiger partial charge in [-0.2, -0.15) is 0 Å². The maximum Gasteiger partial charge on any atom is 0.250 e. The van der Waals surface area contributed by atoms with Crippen LogP contribution in [0, 0.1) is 0 Å². The molecule has 4 nitrogen and oxygen atoms in total. The third kappa shape index (κ3) is 5.13. The summed E-state index contributed by atoms with van der Waals surface area (Å²) in [4.78, 5) is 5.96. The molecule has 2 aromatic rings. The molecule has 162 valence electrons. The zero-order valence-corrected chi connectivity index (χ0v) is 18.4. The first-order chi connectivity index (χ1) is 14.4. The molecule has 30 heavy (non-hydrogen) atoms. The number of rotatable bonds is 6. The van der Waals surface area contributed by atoms with Crippen molar-refractivity contribution in [2.45, 2.75) is 56.7 Å². The standard InChI is InChI=1S/C23H30F2N4S/c1-16-4-3-9-23(2,30-16)19-6-5-17-14-27-22(13-18(17)12-19)28-29-10-7-20(8-11-29)26-15-21(24)25/h4-6,12-14,20-21,26H,3,7-11,15H2,1-2H3,(H,27,28). The van der Waals surface area contributed by atoms with Gasteiger partial charge in [-0.1, -0.05) is 18.2 Å². The van der Waals surface area contributed by atoms with Crippen LogP contribution < -0.4 is 10.7 Å². The topological polar surface area (TPSA) is 40.2 Å². The van der Waals surface area contributed by atoms with Crippen LogP contribution in [0.2, 0.25) is 0 Å². The number of benzene rings is 1. The van der Waals surface area contributed by atoms with Crippen molar-refractivity contribution in [2.75, 3.05) is 25.1 Å². The van der Waals surface area contributed by atoms with Crippen LogP contribution in [0.3, 0.4) is 0 Å². The zero-order valence-electron chi connectivity index (χ0n) is 17.6. The lowest BCUT2D eigenvalue weighted by Gasteiger charge is -2.33. The summed E-state index contributed by atoms with van der Waals surface area (Å²) >= 11 is 1.96. The Hall–Kier alpha value is -1.70. The second-order valence-corrected chi connectivity index (χ2v) is 10.2. The van der Waals surface area contributed by atoms with E-state index in [9.17, 15) is 8.78 Å². The summed E-state index contributed by atoms with van der Waals surface area (Å²) < 4.78 is 24.9. The largest absolute Gasteiger partial charge is 0.309 e. The minimum absolute atomic E-state index is 0.108. The third-order valence-electron chi connectivity index (χ3n) is 6.10. The number of hydrogen-bond acceptors (Lipinski definition) is 5. The van der Waals surface area contributed by atoms with Gasteiger partial charge >= 0.3 is 0 Å². The Morgan fingerprint density at radius 1 is 1.23 bits per heavy atom. The number of aromatic nitrogens is 1. The van der Waals surface area contributed by atoms with Crippen molar-refractivity contribution in [3.05, 3.63) is 47.0 Å². The number of alkyl halides is 2. The van der Waals surface area contributed by atoms with E-state index in [1.54, 1.807) is 0 Å². The number of hydrazine groups is 1. The monoisotopic (exact) mass is 432 g/mol. The van der Waals surface area contributed by atoms with Gasteiger partial charge in [-0.25, -0.2) is 18.8 Å². The van der Waals surface area contributed by atoms with Gasteiger partial charge in [0.1, 0.15) is 5.82 Å². The summed E-state index contributed by atoms with van der Waals surface area (Å²) in [5, 5.41) is 7.40. The SMILES string of the molecule is CC1=CCCC(C)(c2ccc3cnc(NN4CCC(NCC(F)F)CC4)cc3c2)S1. The van der Waals surface area contributed by atoms with E-state index in [0.29, 0.717) is 0 Å². The summed E-state index contributed by atoms with van der Waals surface area (Å²) in [6.45, 7) is 5.92. The van der Waals surface area contributed by atoms with Gasteiger partial charge in [0.05, 0.1) is 6.54 Å². The molecule has 2 aliphatic rings. The molecule has 1 saturated heterocycles. The summed E-state index contributed by atoms with van der Waals surface area (Å²) in [5.41, 5.74) is 4.76. The highest BCUT2D eigenvalue weighted by molar-refractivity contribution is 8.03. The molecule has 2 N–H and O–H groups in total. The lowest BCUT2D eigenvalue weighted by molar-refractivity contribution is 0.132. The van der Waals surface area contributed by atoms with Crippen LogP contribution in [0.25, 0.3) is 10.8 Å². The smallest absolute Gasteiger partial charge is 0.250 e. The average Bonchev–Trinajstić information content (AvgIpc) is 2.72. The predicted molar refractivity (Wildman–Crippen MR) is 122 cm³/mol. The molecule has 2 aliphatic heterocycles. The Balaban J connectivity index is 1.43. The highest BCUT2D eigenvalue weighted by Crippen LogP contribution is 2.47. The van der Waals surface area contributed by atoms with Crippen molar-refractivity contribution in [3.63, 3.8) is 0 Å². The maximum atomic E-state index is 12.4. The van der Waals surface area contributed by atoms with E-state index in [4.69, 9.17) is 0 Å². The van der Waals surface area contributed by atoms with Gasteiger partial charge in [-0.3, -0.25) is 0 Å². The molecule has 3 heterocycles. The highest BCUT2D eigenvalue weighted by atomic mass is 32.2. The Morgan fingerprint density at radius 3 is 2.77 bits per heavy atom. The molecule has 1 atom stereocenters. The van der Waals surface area contributed by atoms with Crippen LogP contribution in [-0.2, 0) is 4.75 Å². The normalized spacial score (nSPS) is 23.7. The number of allylic oxidation sites excluding steroid dienone is 2. The van der Waals surface area contributed by atoms with Crippen LogP contribution >= 0.6 is 11.8 Å². The number of piperidine rings is 1. The summed E-state index contributed by atoms with van der Waals surface area (Å²) in [7, 11) is 0. The zero-order chi connectivity index (χ0) is 21.1. The number of nitrogens with one attached hydrogen (secondary N) is 2. The van der Waals surface area contributed by atoms with Crippen molar-refractivity contribution in [1.82, 2.24) is 15.3 Å². The van der Waals surface area contributed by atoms with Crippen molar-refractivity contribution in [1.29, 1.82) is 0 Å².